The smallest absolute Gasteiger partial charge is 0.305 e. The Balaban J connectivity index is 1.45. The molecule has 1 aromatic heterocycles. The van der Waals surface area contributed by atoms with Gasteiger partial charge in [-0.1, -0.05) is 30.3 Å². The molecule has 7 heteroatoms. The lowest BCUT2D eigenvalue weighted by Crippen LogP contribution is -2.42. The van der Waals surface area contributed by atoms with Crippen LogP contribution < -0.4 is 20.3 Å². The molecule has 2 amide bonds. The number of furan rings is 1. The number of benzene rings is 2. The largest absolute Gasteiger partial charge is 0.497 e. The fourth-order valence-corrected chi connectivity index (χ4v) is 2.41. The van der Waals surface area contributed by atoms with Gasteiger partial charge in [-0.05, 0) is 42.0 Å². The molecule has 144 valence electrons. The Morgan fingerprint density at radius 1 is 0.893 bits per heavy atom. The van der Waals surface area contributed by atoms with E-state index >= 15 is 0 Å². The molecule has 0 aliphatic rings. The number of amides is 2. The van der Waals surface area contributed by atoms with E-state index in [1.807, 2.05) is 30.3 Å². The van der Waals surface area contributed by atoms with Crippen LogP contribution in [0.3, 0.4) is 0 Å². The SMILES string of the molecule is COc1ccc(CC(=O)NNC(=O)c2ccc(COc3ccccc3)o2)cc1. The molecule has 0 radical (unpaired) electrons. The quantitative estimate of drug-likeness (QED) is 0.615. The minimum absolute atomic E-state index is 0.0800. The Hall–Kier alpha value is -3.74. The maximum absolute atomic E-state index is 12.1. The van der Waals surface area contributed by atoms with Crippen molar-refractivity contribution in [3.63, 3.8) is 0 Å². The van der Waals surface area contributed by atoms with E-state index in [1.54, 1.807) is 37.4 Å². The van der Waals surface area contributed by atoms with Crippen LogP contribution in [-0.4, -0.2) is 18.9 Å². The van der Waals surface area contributed by atoms with Crippen LogP contribution in [-0.2, 0) is 17.8 Å². The second kappa shape index (κ2) is 9.27. The molecule has 7 nitrogen and oxygen atoms in total. The summed E-state index contributed by atoms with van der Waals surface area (Å²) >= 11 is 0. The first-order valence-corrected chi connectivity index (χ1v) is 8.63. The van der Waals surface area contributed by atoms with E-state index in [-0.39, 0.29) is 24.7 Å². The summed E-state index contributed by atoms with van der Waals surface area (Å²) in [5, 5.41) is 0. The second-order valence-electron chi connectivity index (χ2n) is 5.89. The van der Waals surface area contributed by atoms with Gasteiger partial charge in [0, 0.05) is 0 Å². The zero-order valence-electron chi connectivity index (χ0n) is 15.3. The Kier molecular flexibility index (Phi) is 6.30. The summed E-state index contributed by atoms with van der Waals surface area (Å²) in [5.41, 5.74) is 5.49. The van der Waals surface area contributed by atoms with E-state index < -0.39 is 5.91 Å². The van der Waals surface area contributed by atoms with E-state index in [4.69, 9.17) is 13.9 Å². The Labute approximate surface area is 162 Å². The van der Waals surface area contributed by atoms with Crippen molar-refractivity contribution in [3.05, 3.63) is 83.8 Å². The summed E-state index contributed by atoms with van der Waals surface area (Å²) in [6.45, 7) is 0.196. The molecular weight excluding hydrogens is 360 g/mol. The van der Waals surface area contributed by atoms with Gasteiger partial charge in [0.15, 0.2) is 5.76 Å². The van der Waals surface area contributed by atoms with Gasteiger partial charge in [-0.25, -0.2) is 0 Å². The van der Waals surface area contributed by atoms with Crippen molar-refractivity contribution in [2.24, 2.45) is 0 Å². The molecule has 0 spiro atoms. The number of rotatable bonds is 7. The normalized spacial score (nSPS) is 10.2. The maximum atomic E-state index is 12.1. The first kappa shape index (κ1) is 19.0. The van der Waals surface area contributed by atoms with Crippen LogP contribution in [0.2, 0.25) is 0 Å². The summed E-state index contributed by atoms with van der Waals surface area (Å²) < 4.78 is 16.1. The number of ether oxygens (including phenoxy) is 2. The van der Waals surface area contributed by atoms with Crippen LogP contribution in [0, 0.1) is 0 Å². The molecule has 0 atom stereocenters. The van der Waals surface area contributed by atoms with Crippen LogP contribution in [0.4, 0.5) is 0 Å². The van der Waals surface area contributed by atoms with Crippen molar-refractivity contribution < 1.29 is 23.5 Å². The number of hydrogen-bond acceptors (Lipinski definition) is 5. The van der Waals surface area contributed by atoms with Crippen LogP contribution in [0.25, 0.3) is 0 Å². The monoisotopic (exact) mass is 380 g/mol. The first-order chi connectivity index (χ1) is 13.6. The molecule has 0 bridgehead atoms. The number of carbonyl (C=O) groups is 2. The van der Waals surface area contributed by atoms with E-state index in [0.29, 0.717) is 17.3 Å². The molecule has 0 aliphatic heterocycles. The van der Waals surface area contributed by atoms with Crippen molar-refractivity contribution in [1.82, 2.24) is 10.9 Å². The van der Waals surface area contributed by atoms with E-state index in [9.17, 15) is 9.59 Å². The standard InChI is InChI=1S/C21H20N2O5/c1-26-16-9-7-15(8-10-16)13-20(24)22-23-21(25)19-12-11-18(28-19)14-27-17-5-3-2-4-6-17/h2-12H,13-14H2,1H3,(H,22,24)(H,23,25). The highest BCUT2D eigenvalue weighted by Crippen LogP contribution is 2.14. The highest BCUT2D eigenvalue weighted by Gasteiger charge is 2.13. The third-order valence-electron chi connectivity index (χ3n) is 3.85. The van der Waals surface area contributed by atoms with Gasteiger partial charge < -0.3 is 13.9 Å². The van der Waals surface area contributed by atoms with E-state index in [1.165, 1.54) is 6.07 Å². The Morgan fingerprint density at radius 3 is 2.36 bits per heavy atom. The van der Waals surface area contributed by atoms with Gasteiger partial charge in [0.2, 0.25) is 5.91 Å². The molecule has 0 unspecified atom stereocenters. The van der Waals surface area contributed by atoms with Gasteiger partial charge >= 0.3 is 5.91 Å². The van der Waals surface area contributed by atoms with Crippen molar-refractivity contribution in [2.45, 2.75) is 13.0 Å². The van der Waals surface area contributed by atoms with Gasteiger partial charge in [-0.3, -0.25) is 20.4 Å². The zero-order valence-corrected chi connectivity index (χ0v) is 15.3. The lowest BCUT2D eigenvalue weighted by Gasteiger charge is -2.07. The fourth-order valence-electron chi connectivity index (χ4n) is 2.41. The van der Waals surface area contributed by atoms with Gasteiger partial charge in [0.1, 0.15) is 23.9 Å². The average molecular weight is 380 g/mol. The third kappa shape index (κ3) is 5.38. The molecule has 28 heavy (non-hydrogen) atoms. The van der Waals surface area contributed by atoms with E-state index in [0.717, 1.165) is 5.56 Å². The highest BCUT2D eigenvalue weighted by molar-refractivity contribution is 5.93. The number of para-hydroxylation sites is 1. The van der Waals surface area contributed by atoms with Crippen LogP contribution in [0.1, 0.15) is 21.9 Å². The van der Waals surface area contributed by atoms with Crippen molar-refractivity contribution in [2.75, 3.05) is 7.11 Å². The van der Waals surface area contributed by atoms with Crippen molar-refractivity contribution >= 4 is 11.8 Å². The number of methoxy groups -OCH3 is 1. The van der Waals surface area contributed by atoms with Gasteiger partial charge in [-0.15, -0.1) is 0 Å². The molecular formula is C21H20N2O5. The topological polar surface area (TPSA) is 89.8 Å². The number of carbonyl (C=O) groups excluding carboxylic acids is 2. The Morgan fingerprint density at radius 2 is 1.64 bits per heavy atom. The first-order valence-electron chi connectivity index (χ1n) is 8.63. The zero-order chi connectivity index (χ0) is 19.8. The number of hydrogen-bond donors (Lipinski definition) is 2. The summed E-state index contributed by atoms with van der Waals surface area (Å²) in [6.07, 6.45) is 0.124. The number of hydrazine groups is 1. The molecule has 3 aromatic rings. The minimum Gasteiger partial charge on any atom is -0.497 e. The minimum atomic E-state index is -0.547. The average Bonchev–Trinajstić information content (AvgIpc) is 3.21. The summed E-state index contributed by atoms with van der Waals surface area (Å²) in [6, 6.07) is 19.6. The van der Waals surface area contributed by atoms with Crippen LogP contribution >= 0.6 is 0 Å². The maximum Gasteiger partial charge on any atom is 0.305 e. The molecule has 0 fully saturated rings. The lowest BCUT2D eigenvalue weighted by molar-refractivity contribution is -0.121. The molecule has 2 N–H and O–H groups in total. The van der Waals surface area contributed by atoms with Gasteiger partial charge in [0.05, 0.1) is 13.5 Å². The highest BCUT2D eigenvalue weighted by atomic mass is 16.5. The molecule has 0 saturated heterocycles. The van der Waals surface area contributed by atoms with Crippen molar-refractivity contribution in [1.29, 1.82) is 0 Å². The molecule has 0 aliphatic carbocycles. The number of nitrogens with one attached hydrogen (secondary N) is 2. The molecule has 2 aromatic carbocycles. The summed E-state index contributed by atoms with van der Waals surface area (Å²) in [7, 11) is 1.57. The molecule has 3 rings (SSSR count). The lowest BCUT2D eigenvalue weighted by atomic mass is 10.1. The summed E-state index contributed by atoms with van der Waals surface area (Å²) in [5.74, 6) is 1.10. The van der Waals surface area contributed by atoms with Crippen molar-refractivity contribution in [3.8, 4) is 11.5 Å². The van der Waals surface area contributed by atoms with Gasteiger partial charge in [-0.2, -0.15) is 0 Å². The van der Waals surface area contributed by atoms with Crippen LogP contribution in [0.5, 0.6) is 11.5 Å². The predicted molar refractivity (Wildman–Crippen MR) is 102 cm³/mol. The molecule has 0 saturated carbocycles. The van der Waals surface area contributed by atoms with E-state index in [2.05, 4.69) is 10.9 Å². The summed E-state index contributed by atoms with van der Waals surface area (Å²) in [4.78, 5) is 24.1. The molecule has 1 heterocycles. The third-order valence-corrected chi connectivity index (χ3v) is 3.85. The fraction of sp³-hybridized carbons (Fsp3) is 0.143. The van der Waals surface area contributed by atoms with Crippen LogP contribution in [0.15, 0.2) is 71.1 Å². The van der Waals surface area contributed by atoms with Gasteiger partial charge in [0.25, 0.3) is 0 Å². The Bertz CT molecular complexity index is 919. The predicted octanol–water partition coefficient (Wildman–Crippen LogP) is 2.87. The second-order valence-corrected chi connectivity index (χ2v) is 5.89.